The summed E-state index contributed by atoms with van der Waals surface area (Å²) in [5, 5.41) is 2.90. The fourth-order valence-electron chi connectivity index (χ4n) is 3.36. The lowest BCUT2D eigenvalue weighted by molar-refractivity contribution is -0.132. The lowest BCUT2D eigenvalue weighted by Gasteiger charge is -2.30. The van der Waals surface area contributed by atoms with Gasteiger partial charge >= 0.3 is 0 Å². The van der Waals surface area contributed by atoms with Gasteiger partial charge in [-0.2, -0.15) is 0 Å². The Morgan fingerprint density at radius 2 is 1.71 bits per heavy atom. The van der Waals surface area contributed by atoms with Gasteiger partial charge in [-0.3, -0.25) is 9.59 Å². The molecule has 1 aliphatic rings. The highest BCUT2D eigenvalue weighted by atomic mass is 19.1. The molecule has 1 N–H and O–H groups in total. The number of hydrogen-bond donors (Lipinski definition) is 1. The molecular formula is C23H25FN2O2. The van der Waals surface area contributed by atoms with E-state index in [9.17, 15) is 14.0 Å². The summed E-state index contributed by atoms with van der Waals surface area (Å²) in [6.07, 6.45) is 5.17. The van der Waals surface area contributed by atoms with Crippen LogP contribution < -0.4 is 5.32 Å². The highest BCUT2D eigenvalue weighted by molar-refractivity contribution is 5.92. The molecule has 2 aromatic carbocycles. The van der Waals surface area contributed by atoms with Crippen LogP contribution in [0.1, 0.15) is 24.0 Å². The second kappa shape index (κ2) is 9.83. The molecule has 0 aromatic heterocycles. The van der Waals surface area contributed by atoms with Crippen LogP contribution in [0.4, 0.5) is 4.39 Å². The normalized spacial score (nSPS) is 15.0. The SMILES string of the molecule is O=C(NCCc1ccccc1F)C1CCN(C(=O)/C=C/c2ccccc2)CC1. The Bertz CT molecular complexity index is 828. The van der Waals surface area contributed by atoms with Crippen molar-refractivity contribution in [2.75, 3.05) is 19.6 Å². The molecule has 4 nitrogen and oxygen atoms in total. The summed E-state index contributed by atoms with van der Waals surface area (Å²) in [4.78, 5) is 26.4. The van der Waals surface area contributed by atoms with E-state index in [0.717, 1.165) is 5.56 Å². The standard InChI is InChI=1S/C23H25FN2O2/c24-21-9-5-4-8-19(21)12-15-25-23(28)20-13-16-26(17-14-20)22(27)11-10-18-6-2-1-3-7-18/h1-11,20H,12-17H2,(H,25,28)/b11-10+. The number of piperidine rings is 1. The predicted octanol–water partition coefficient (Wildman–Crippen LogP) is 3.44. The Hall–Kier alpha value is -2.95. The van der Waals surface area contributed by atoms with Gasteiger partial charge in [-0.05, 0) is 42.5 Å². The fraction of sp³-hybridized carbons (Fsp3) is 0.304. The first-order chi connectivity index (χ1) is 13.6. The minimum absolute atomic E-state index is 0.0109. The molecule has 0 unspecified atom stereocenters. The van der Waals surface area contributed by atoms with Crippen LogP contribution >= 0.6 is 0 Å². The monoisotopic (exact) mass is 380 g/mol. The number of nitrogens with one attached hydrogen (secondary N) is 1. The molecule has 3 rings (SSSR count). The van der Waals surface area contributed by atoms with Crippen molar-refractivity contribution in [1.29, 1.82) is 0 Å². The van der Waals surface area contributed by atoms with Gasteiger partial charge in [0, 0.05) is 31.6 Å². The Labute approximate surface area is 165 Å². The van der Waals surface area contributed by atoms with Gasteiger partial charge < -0.3 is 10.2 Å². The van der Waals surface area contributed by atoms with E-state index in [1.54, 1.807) is 29.2 Å². The van der Waals surface area contributed by atoms with Crippen LogP contribution in [0.5, 0.6) is 0 Å². The number of carbonyl (C=O) groups is 2. The Morgan fingerprint density at radius 3 is 2.43 bits per heavy atom. The minimum atomic E-state index is -0.243. The largest absolute Gasteiger partial charge is 0.356 e. The second-order valence-electron chi connectivity index (χ2n) is 6.98. The van der Waals surface area contributed by atoms with Crippen LogP contribution in [0.3, 0.4) is 0 Å². The molecule has 1 aliphatic heterocycles. The van der Waals surface area contributed by atoms with Gasteiger partial charge in [-0.15, -0.1) is 0 Å². The zero-order valence-corrected chi connectivity index (χ0v) is 15.8. The number of benzene rings is 2. The molecule has 0 radical (unpaired) electrons. The van der Waals surface area contributed by atoms with Crippen LogP contribution in [-0.2, 0) is 16.0 Å². The first kappa shape index (κ1) is 19.8. The molecule has 0 bridgehead atoms. The molecule has 1 heterocycles. The van der Waals surface area contributed by atoms with Gasteiger partial charge in [0.25, 0.3) is 0 Å². The minimum Gasteiger partial charge on any atom is -0.356 e. The van der Waals surface area contributed by atoms with Crippen LogP contribution in [0.15, 0.2) is 60.7 Å². The predicted molar refractivity (Wildman–Crippen MR) is 108 cm³/mol. The Balaban J connectivity index is 1.40. The zero-order chi connectivity index (χ0) is 19.8. The van der Waals surface area contributed by atoms with E-state index in [1.165, 1.54) is 6.07 Å². The van der Waals surface area contributed by atoms with Gasteiger partial charge in [0.1, 0.15) is 5.82 Å². The van der Waals surface area contributed by atoms with Crippen molar-refractivity contribution in [2.45, 2.75) is 19.3 Å². The summed E-state index contributed by atoms with van der Waals surface area (Å²) in [5.74, 6) is -0.375. The molecule has 5 heteroatoms. The summed E-state index contributed by atoms with van der Waals surface area (Å²) < 4.78 is 13.6. The van der Waals surface area contributed by atoms with E-state index >= 15 is 0 Å². The average molecular weight is 380 g/mol. The Kier molecular flexibility index (Phi) is 6.95. The first-order valence-corrected chi connectivity index (χ1v) is 9.66. The summed E-state index contributed by atoms with van der Waals surface area (Å²) in [6, 6.07) is 16.3. The average Bonchev–Trinajstić information content (AvgIpc) is 2.74. The molecule has 1 fully saturated rings. The summed E-state index contributed by atoms with van der Waals surface area (Å²) in [6.45, 7) is 1.56. The molecular weight excluding hydrogens is 355 g/mol. The third kappa shape index (κ3) is 5.52. The van der Waals surface area contributed by atoms with Crippen molar-refractivity contribution >= 4 is 17.9 Å². The van der Waals surface area contributed by atoms with E-state index < -0.39 is 0 Å². The van der Waals surface area contributed by atoms with Crippen molar-refractivity contribution in [2.24, 2.45) is 5.92 Å². The van der Waals surface area contributed by atoms with Crippen molar-refractivity contribution < 1.29 is 14.0 Å². The third-order valence-corrected chi connectivity index (χ3v) is 5.05. The lowest BCUT2D eigenvalue weighted by Crippen LogP contribution is -2.42. The number of carbonyl (C=O) groups excluding carboxylic acids is 2. The maximum absolute atomic E-state index is 13.6. The van der Waals surface area contributed by atoms with Gasteiger partial charge in [-0.25, -0.2) is 4.39 Å². The van der Waals surface area contributed by atoms with Gasteiger partial charge in [0.05, 0.1) is 0 Å². The topological polar surface area (TPSA) is 49.4 Å². The van der Waals surface area contributed by atoms with E-state index in [0.29, 0.717) is 44.5 Å². The van der Waals surface area contributed by atoms with E-state index in [-0.39, 0.29) is 23.5 Å². The van der Waals surface area contributed by atoms with Crippen molar-refractivity contribution in [3.8, 4) is 0 Å². The number of hydrogen-bond acceptors (Lipinski definition) is 2. The van der Waals surface area contributed by atoms with Crippen molar-refractivity contribution in [1.82, 2.24) is 10.2 Å². The smallest absolute Gasteiger partial charge is 0.246 e. The van der Waals surface area contributed by atoms with E-state index in [2.05, 4.69) is 5.32 Å². The number of rotatable bonds is 6. The zero-order valence-electron chi connectivity index (χ0n) is 15.8. The lowest BCUT2D eigenvalue weighted by atomic mass is 9.95. The quantitative estimate of drug-likeness (QED) is 0.781. The van der Waals surface area contributed by atoms with Crippen LogP contribution in [0.25, 0.3) is 6.08 Å². The molecule has 0 aliphatic carbocycles. The molecule has 0 atom stereocenters. The summed E-state index contributed by atoms with van der Waals surface area (Å²) >= 11 is 0. The molecule has 146 valence electrons. The molecule has 28 heavy (non-hydrogen) atoms. The number of likely N-dealkylation sites (tertiary alicyclic amines) is 1. The van der Waals surface area contributed by atoms with Gasteiger partial charge in [0.15, 0.2) is 0 Å². The number of amides is 2. The van der Waals surface area contributed by atoms with Crippen LogP contribution in [0.2, 0.25) is 0 Å². The van der Waals surface area contributed by atoms with Crippen molar-refractivity contribution in [3.63, 3.8) is 0 Å². The molecule has 0 saturated carbocycles. The number of nitrogens with zero attached hydrogens (tertiary/aromatic N) is 1. The number of halogens is 1. The molecule has 2 amide bonds. The highest BCUT2D eigenvalue weighted by Crippen LogP contribution is 2.18. The molecule has 2 aromatic rings. The van der Waals surface area contributed by atoms with Crippen LogP contribution in [0, 0.1) is 11.7 Å². The summed E-state index contributed by atoms with van der Waals surface area (Å²) in [5.41, 5.74) is 1.59. The molecule has 0 spiro atoms. The maximum Gasteiger partial charge on any atom is 0.246 e. The third-order valence-electron chi connectivity index (χ3n) is 5.05. The highest BCUT2D eigenvalue weighted by Gasteiger charge is 2.26. The van der Waals surface area contributed by atoms with E-state index in [1.807, 2.05) is 36.4 Å². The molecule has 1 saturated heterocycles. The fourth-order valence-corrected chi connectivity index (χ4v) is 3.36. The second-order valence-corrected chi connectivity index (χ2v) is 6.98. The maximum atomic E-state index is 13.6. The van der Waals surface area contributed by atoms with Crippen molar-refractivity contribution in [3.05, 3.63) is 77.6 Å². The first-order valence-electron chi connectivity index (χ1n) is 9.66. The van der Waals surface area contributed by atoms with Crippen LogP contribution in [-0.4, -0.2) is 36.3 Å². The van der Waals surface area contributed by atoms with Gasteiger partial charge in [0.2, 0.25) is 11.8 Å². The van der Waals surface area contributed by atoms with Gasteiger partial charge in [-0.1, -0.05) is 48.5 Å². The van der Waals surface area contributed by atoms with E-state index in [4.69, 9.17) is 0 Å². The summed E-state index contributed by atoms with van der Waals surface area (Å²) in [7, 11) is 0. The Morgan fingerprint density at radius 1 is 1.04 bits per heavy atom.